The molecule has 0 atom stereocenters. The second-order valence-electron chi connectivity index (χ2n) is 3.85. The van der Waals surface area contributed by atoms with E-state index in [4.69, 9.17) is 5.26 Å². The van der Waals surface area contributed by atoms with Crippen LogP contribution in [0.25, 0.3) is 0 Å². The summed E-state index contributed by atoms with van der Waals surface area (Å²) in [5.74, 6) is 0. The minimum atomic E-state index is 0.259. The Hall–Kier alpha value is -1.34. The lowest BCUT2D eigenvalue weighted by Crippen LogP contribution is -2.23. The highest BCUT2D eigenvalue weighted by Gasteiger charge is 2.20. The summed E-state index contributed by atoms with van der Waals surface area (Å²) < 4.78 is 1.83. The van der Waals surface area contributed by atoms with Crippen molar-refractivity contribution in [3.8, 4) is 6.07 Å². The lowest BCUT2D eigenvalue weighted by molar-refractivity contribution is 0.518. The van der Waals surface area contributed by atoms with Gasteiger partial charge in [-0.2, -0.15) is 10.4 Å². The number of hydrogen-bond donors (Lipinski definition) is 1. The van der Waals surface area contributed by atoms with E-state index in [9.17, 15) is 0 Å². The molecular weight excluding hydrogens is 176 g/mol. The lowest BCUT2D eigenvalue weighted by Gasteiger charge is -2.10. The van der Waals surface area contributed by atoms with Gasteiger partial charge in [0, 0.05) is 18.2 Å². The number of hydrogen-bond acceptors (Lipinski definition) is 3. The van der Waals surface area contributed by atoms with Crippen LogP contribution < -0.4 is 5.32 Å². The molecule has 0 aliphatic carbocycles. The second-order valence-corrected chi connectivity index (χ2v) is 3.85. The maximum atomic E-state index is 9.08. The van der Waals surface area contributed by atoms with Crippen LogP contribution in [-0.2, 0) is 13.0 Å². The minimum Gasteiger partial charge on any atom is -0.311 e. The molecule has 1 aliphatic heterocycles. The van der Waals surface area contributed by atoms with Crippen LogP contribution in [0.3, 0.4) is 0 Å². The summed E-state index contributed by atoms with van der Waals surface area (Å²) in [5, 5.41) is 16.8. The van der Waals surface area contributed by atoms with E-state index in [2.05, 4.69) is 16.5 Å². The molecule has 2 rings (SSSR count). The number of nitrogens with zero attached hydrogens (tertiary/aromatic N) is 3. The van der Waals surface area contributed by atoms with Gasteiger partial charge in [-0.3, -0.25) is 4.68 Å². The zero-order valence-electron chi connectivity index (χ0n) is 8.54. The molecule has 0 spiro atoms. The third-order valence-corrected chi connectivity index (χ3v) is 2.53. The fraction of sp³-hybridized carbons (Fsp3) is 0.600. The van der Waals surface area contributed by atoms with Gasteiger partial charge in [-0.05, 0) is 26.8 Å². The normalized spacial score (nSPS) is 15.3. The Balaban J connectivity index is 2.53. The topological polar surface area (TPSA) is 53.6 Å². The molecule has 0 amide bonds. The van der Waals surface area contributed by atoms with E-state index in [0.29, 0.717) is 0 Å². The van der Waals surface area contributed by atoms with E-state index in [1.165, 1.54) is 0 Å². The smallest absolute Gasteiger partial charge is 0.142 e. The lowest BCUT2D eigenvalue weighted by atomic mass is 10.1. The van der Waals surface area contributed by atoms with Gasteiger partial charge in [-0.25, -0.2) is 0 Å². The fourth-order valence-electron chi connectivity index (χ4n) is 1.83. The number of aromatic nitrogens is 2. The van der Waals surface area contributed by atoms with Gasteiger partial charge >= 0.3 is 0 Å². The van der Waals surface area contributed by atoms with Crippen LogP contribution in [0.2, 0.25) is 0 Å². The van der Waals surface area contributed by atoms with E-state index in [1.807, 2.05) is 18.5 Å². The molecular formula is C10H14N4. The number of nitrogens with one attached hydrogen (secondary N) is 1. The Bertz CT molecular complexity index is 384. The van der Waals surface area contributed by atoms with Gasteiger partial charge in [-0.1, -0.05) is 0 Å². The molecule has 0 bridgehead atoms. The monoisotopic (exact) mass is 190 g/mol. The molecule has 4 heteroatoms. The van der Waals surface area contributed by atoms with Gasteiger partial charge in [-0.15, -0.1) is 0 Å². The first kappa shape index (κ1) is 9.22. The van der Waals surface area contributed by atoms with Crippen molar-refractivity contribution >= 4 is 0 Å². The summed E-state index contributed by atoms with van der Waals surface area (Å²) in [6, 6.07) is 2.52. The maximum absolute atomic E-state index is 9.08. The van der Waals surface area contributed by atoms with Crippen LogP contribution >= 0.6 is 0 Å². The first-order valence-corrected chi connectivity index (χ1v) is 4.95. The Kier molecular flexibility index (Phi) is 2.26. The Morgan fingerprint density at radius 2 is 2.36 bits per heavy atom. The SMILES string of the molecule is CC(C)n1nc2c(c1C#N)CCNC2. The number of nitriles is 1. The highest BCUT2D eigenvalue weighted by molar-refractivity contribution is 5.37. The molecule has 14 heavy (non-hydrogen) atoms. The summed E-state index contributed by atoms with van der Waals surface area (Å²) >= 11 is 0. The molecule has 1 aromatic heterocycles. The molecule has 1 aromatic rings. The molecule has 0 fully saturated rings. The predicted molar refractivity (Wildman–Crippen MR) is 52.7 cm³/mol. The Labute approximate surface area is 83.5 Å². The highest BCUT2D eigenvalue weighted by Crippen LogP contribution is 2.20. The van der Waals surface area contributed by atoms with Crippen molar-refractivity contribution in [3.05, 3.63) is 17.0 Å². The van der Waals surface area contributed by atoms with Crippen LogP contribution in [-0.4, -0.2) is 16.3 Å². The van der Waals surface area contributed by atoms with E-state index < -0.39 is 0 Å². The number of rotatable bonds is 1. The average Bonchev–Trinajstić information content (AvgIpc) is 2.56. The van der Waals surface area contributed by atoms with Crippen molar-refractivity contribution in [2.45, 2.75) is 32.9 Å². The van der Waals surface area contributed by atoms with Crippen LogP contribution in [0.1, 0.15) is 36.8 Å². The van der Waals surface area contributed by atoms with Gasteiger partial charge in [0.2, 0.25) is 0 Å². The molecule has 74 valence electrons. The van der Waals surface area contributed by atoms with Gasteiger partial charge in [0.05, 0.1) is 5.69 Å². The summed E-state index contributed by atoms with van der Waals surface area (Å²) in [5.41, 5.74) is 2.93. The molecule has 1 aliphatic rings. The predicted octanol–water partition coefficient (Wildman–Crippen LogP) is 0.981. The summed E-state index contributed by atoms with van der Waals surface area (Å²) in [6.45, 7) is 5.84. The largest absolute Gasteiger partial charge is 0.311 e. The van der Waals surface area contributed by atoms with Gasteiger partial charge in [0.15, 0.2) is 0 Å². The first-order chi connectivity index (χ1) is 6.74. The molecule has 0 saturated carbocycles. The van der Waals surface area contributed by atoms with E-state index >= 15 is 0 Å². The number of fused-ring (bicyclic) bond motifs is 1. The molecule has 0 unspecified atom stereocenters. The van der Waals surface area contributed by atoms with E-state index in [0.717, 1.165) is 36.5 Å². The fourth-order valence-corrected chi connectivity index (χ4v) is 1.83. The highest BCUT2D eigenvalue weighted by atomic mass is 15.3. The molecule has 2 heterocycles. The first-order valence-electron chi connectivity index (χ1n) is 4.95. The van der Waals surface area contributed by atoms with Gasteiger partial charge in [0.25, 0.3) is 0 Å². The average molecular weight is 190 g/mol. The summed E-state index contributed by atoms with van der Waals surface area (Å²) in [4.78, 5) is 0. The van der Waals surface area contributed by atoms with E-state index in [-0.39, 0.29) is 6.04 Å². The van der Waals surface area contributed by atoms with Crippen LogP contribution in [0.5, 0.6) is 0 Å². The zero-order valence-corrected chi connectivity index (χ0v) is 8.54. The van der Waals surface area contributed by atoms with Crippen molar-refractivity contribution < 1.29 is 0 Å². The van der Waals surface area contributed by atoms with Crippen molar-refractivity contribution in [3.63, 3.8) is 0 Å². The molecule has 0 radical (unpaired) electrons. The standard InChI is InChI=1S/C10H14N4/c1-7(2)14-10(5-11)8-3-4-12-6-9(8)13-14/h7,12H,3-4,6H2,1-2H3. The van der Waals surface area contributed by atoms with Gasteiger partial charge in [0.1, 0.15) is 11.8 Å². The third kappa shape index (κ3) is 1.30. The van der Waals surface area contributed by atoms with Crippen LogP contribution in [0.15, 0.2) is 0 Å². The van der Waals surface area contributed by atoms with Gasteiger partial charge < -0.3 is 5.32 Å². The summed E-state index contributed by atoms with van der Waals surface area (Å²) in [6.07, 6.45) is 0.922. The minimum absolute atomic E-state index is 0.259. The van der Waals surface area contributed by atoms with Crippen LogP contribution in [0.4, 0.5) is 0 Å². The third-order valence-electron chi connectivity index (χ3n) is 2.53. The molecule has 4 nitrogen and oxygen atoms in total. The zero-order chi connectivity index (χ0) is 10.1. The quantitative estimate of drug-likeness (QED) is 0.718. The maximum Gasteiger partial charge on any atom is 0.142 e. The van der Waals surface area contributed by atoms with Crippen molar-refractivity contribution in [2.24, 2.45) is 0 Å². The Morgan fingerprint density at radius 1 is 1.57 bits per heavy atom. The van der Waals surface area contributed by atoms with Crippen molar-refractivity contribution in [1.82, 2.24) is 15.1 Å². The van der Waals surface area contributed by atoms with Crippen molar-refractivity contribution in [2.75, 3.05) is 6.54 Å². The summed E-state index contributed by atoms with van der Waals surface area (Å²) in [7, 11) is 0. The van der Waals surface area contributed by atoms with E-state index in [1.54, 1.807) is 0 Å². The molecule has 0 aromatic carbocycles. The van der Waals surface area contributed by atoms with Crippen LogP contribution in [0, 0.1) is 11.3 Å². The second kappa shape index (κ2) is 3.43. The molecule has 1 N–H and O–H groups in total. The Morgan fingerprint density at radius 3 is 3.00 bits per heavy atom. The molecule has 0 saturated heterocycles. The van der Waals surface area contributed by atoms with Crippen molar-refractivity contribution in [1.29, 1.82) is 5.26 Å².